The molecule has 1 aromatic rings. The van der Waals surface area contributed by atoms with Gasteiger partial charge in [0.25, 0.3) is 0 Å². The molecule has 0 radical (unpaired) electrons. The van der Waals surface area contributed by atoms with Gasteiger partial charge in [-0.1, -0.05) is 30.3 Å². The Bertz CT molecular complexity index is 408. The number of amides is 1. The van der Waals surface area contributed by atoms with Crippen molar-refractivity contribution in [2.24, 2.45) is 5.73 Å². The molecule has 104 valence electrons. The Balaban J connectivity index is 2.23. The lowest BCUT2D eigenvalue weighted by Crippen LogP contribution is -2.35. The molecule has 1 aromatic carbocycles. The number of carbonyl (C=O) groups excluding carboxylic acids is 2. The number of hydrogen-bond acceptors (Lipinski definition) is 5. The van der Waals surface area contributed by atoms with E-state index in [1.54, 1.807) is 6.92 Å². The van der Waals surface area contributed by atoms with Gasteiger partial charge in [0.15, 0.2) is 6.10 Å². The van der Waals surface area contributed by atoms with Crippen LogP contribution in [0.5, 0.6) is 0 Å². The average Bonchev–Trinajstić information content (AvgIpc) is 2.45. The summed E-state index contributed by atoms with van der Waals surface area (Å²) in [5.74, 6) is -0.823. The quantitative estimate of drug-likeness (QED) is 0.542. The largest absolute Gasteiger partial charge is 0.459 e. The Labute approximate surface area is 111 Å². The average molecular weight is 266 g/mol. The van der Waals surface area contributed by atoms with E-state index in [9.17, 15) is 9.59 Å². The number of nitrogens with two attached hydrogens (primary N) is 1. The van der Waals surface area contributed by atoms with Crippen molar-refractivity contribution in [3.05, 3.63) is 35.9 Å². The molecule has 0 spiro atoms. The van der Waals surface area contributed by atoms with Gasteiger partial charge in [-0.05, 0) is 12.5 Å². The molecule has 0 saturated carbocycles. The number of esters is 1. The molecule has 0 fully saturated rings. The summed E-state index contributed by atoms with van der Waals surface area (Å²) in [4.78, 5) is 22.4. The van der Waals surface area contributed by atoms with Crippen molar-refractivity contribution in [3.8, 4) is 0 Å². The van der Waals surface area contributed by atoms with Crippen LogP contribution in [0.4, 0.5) is 0 Å². The summed E-state index contributed by atoms with van der Waals surface area (Å²) in [7, 11) is 0. The normalized spacial score (nSPS) is 11.7. The summed E-state index contributed by atoms with van der Waals surface area (Å²) in [5.41, 5.74) is 6.00. The van der Waals surface area contributed by atoms with E-state index in [0.29, 0.717) is 0 Å². The zero-order valence-electron chi connectivity index (χ0n) is 10.8. The lowest BCUT2D eigenvalue weighted by molar-refractivity contribution is -0.158. The number of nitrogens with one attached hydrogen (secondary N) is 1. The highest BCUT2D eigenvalue weighted by Crippen LogP contribution is 2.02. The molecule has 0 saturated heterocycles. The number of ether oxygens (including phenoxy) is 2. The third-order valence-electron chi connectivity index (χ3n) is 2.34. The number of hydrogen-bond donors (Lipinski definition) is 2. The molecule has 6 nitrogen and oxygen atoms in total. The molecule has 6 heteroatoms. The first-order valence-electron chi connectivity index (χ1n) is 5.92. The summed E-state index contributed by atoms with van der Waals surface area (Å²) in [6, 6.07) is 9.34. The van der Waals surface area contributed by atoms with Gasteiger partial charge in [-0.15, -0.1) is 0 Å². The zero-order valence-corrected chi connectivity index (χ0v) is 10.8. The molecule has 0 bridgehead atoms. The van der Waals surface area contributed by atoms with Gasteiger partial charge in [-0.2, -0.15) is 0 Å². The fraction of sp³-hybridized carbons (Fsp3) is 0.385. The molecule has 1 rings (SSSR count). The number of rotatable bonds is 7. The predicted molar refractivity (Wildman–Crippen MR) is 68.8 cm³/mol. The Morgan fingerprint density at radius 1 is 1.32 bits per heavy atom. The highest BCUT2D eigenvalue weighted by molar-refractivity contribution is 5.77. The van der Waals surface area contributed by atoms with E-state index in [-0.39, 0.29) is 25.8 Å². The van der Waals surface area contributed by atoms with Crippen molar-refractivity contribution >= 4 is 11.9 Å². The summed E-state index contributed by atoms with van der Waals surface area (Å²) >= 11 is 0. The topological polar surface area (TPSA) is 90.6 Å². The summed E-state index contributed by atoms with van der Waals surface area (Å²) < 4.78 is 10.2. The van der Waals surface area contributed by atoms with Gasteiger partial charge in [0.1, 0.15) is 13.3 Å². The van der Waals surface area contributed by atoms with E-state index >= 15 is 0 Å². The molecule has 0 aromatic heterocycles. The van der Waals surface area contributed by atoms with Crippen LogP contribution in [0.2, 0.25) is 0 Å². The Kier molecular flexibility index (Phi) is 6.56. The maximum absolute atomic E-state index is 11.6. The Hall–Kier alpha value is -1.92. The lowest BCUT2D eigenvalue weighted by atomic mass is 10.2. The monoisotopic (exact) mass is 266 g/mol. The minimum atomic E-state index is -0.748. The van der Waals surface area contributed by atoms with Gasteiger partial charge in [-0.3, -0.25) is 4.79 Å². The fourth-order valence-electron chi connectivity index (χ4n) is 1.23. The van der Waals surface area contributed by atoms with E-state index in [1.165, 1.54) is 0 Å². The smallest absolute Gasteiger partial charge is 0.335 e. The van der Waals surface area contributed by atoms with Crippen LogP contribution in [0.1, 0.15) is 12.5 Å². The van der Waals surface area contributed by atoms with Gasteiger partial charge >= 0.3 is 5.97 Å². The van der Waals surface area contributed by atoms with E-state index in [0.717, 1.165) is 5.56 Å². The van der Waals surface area contributed by atoms with E-state index in [4.69, 9.17) is 15.2 Å². The summed E-state index contributed by atoms with van der Waals surface area (Å²) in [5, 5.41) is 2.40. The van der Waals surface area contributed by atoms with Gasteiger partial charge in [0.05, 0.1) is 6.54 Å². The third-order valence-corrected chi connectivity index (χ3v) is 2.34. The minimum Gasteiger partial charge on any atom is -0.459 e. The molecule has 0 aliphatic rings. The maximum Gasteiger partial charge on any atom is 0.335 e. The van der Waals surface area contributed by atoms with Gasteiger partial charge in [0.2, 0.25) is 5.91 Å². The van der Waals surface area contributed by atoms with Crippen molar-refractivity contribution in [1.82, 2.24) is 5.32 Å². The molecule has 19 heavy (non-hydrogen) atoms. The van der Waals surface area contributed by atoms with Crippen molar-refractivity contribution in [1.29, 1.82) is 0 Å². The van der Waals surface area contributed by atoms with Crippen molar-refractivity contribution < 1.29 is 19.1 Å². The van der Waals surface area contributed by atoms with Crippen LogP contribution in [-0.4, -0.2) is 31.3 Å². The third kappa shape index (κ3) is 5.98. The standard InChI is InChI=1S/C13H18N2O4/c1-10(19-9-15-12(16)7-14)13(17)18-8-11-5-3-2-4-6-11/h2-6,10H,7-9,14H2,1H3,(H,15,16)/t10-/m0/s1. The maximum atomic E-state index is 11.6. The molecule has 1 atom stereocenters. The second-order valence-electron chi connectivity index (χ2n) is 3.85. The van der Waals surface area contributed by atoms with E-state index in [1.807, 2.05) is 30.3 Å². The van der Waals surface area contributed by atoms with Crippen LogP contribution in [0, 0.1) is 0 Å². The summed E-state index contributed by atoms with van der Waals surface area (Å²) in [6.45, 7) is 1.57. The van der Waals surface area contributed by atoms with Gasteiger partial charge in [-0.25, -0.2) is 4.79 Å². The summed E-state index contributed by atoms with van der Waals surface area (Å²) in [6.07, 6.45) is -0.748. The van der Waals surface area contributed by atoms with Gasteiger partial charge in [0, 0.05) is 0 Å². The Morgan fingerprint density at radius 3 is 2.63 bits per heavy atom. The molecule has 0 aliphatic carbocycles. The molecule has 3 N–H and O–H groups in total. The van der Waals surface area contributed by atoms with Crippen LogP contribution in [0.25, 0.3) is 0 Å². The van der Waals surface area contributed by atoms with Crippen molar-refractivity contribution in [2.75, 3.05) is 13.3 Å². The SMILES string of the molecule is C[C@H](OCNC(=O)CN)C(=O)OCc1ccccc1. The van der Waals surface area contributed by atoms with E-state index < -0.39 is 12.1 Å². The first-order chi connectivity index (χ1) is 9.13. The highest BCUT2D eigenvalue weighted by atomic mass is 16.6. The van der Waals surface area contributed by atoms with Crippen LogP contribution in [-0.2, 0) is 25.7 Å². The molecule has 0 aliphatic heterocycles. The van der Waals surface area contributed by atoms with E-state index in [2.05, 4.69) is 5.32 Å². The molecular formula is C13H18N2O4. The van der Waals surface area contributed by atoms with Crippen LogP contribution < -0.4 is 11.1 Å². The molecular weight excluding hydrogens is 248 g/mol. The van der Waals surface area contributed by atoms with Crippen LogP contribution >= 0.6 is 0 Å². The number of carbonyl (C=O) groups is 2. The lowest BCUT2D eigenvalue weighted by Gasteiger charge is -2.13. The van der Waals surface area contributed by atoms with Crippen LogP contribution in [0.3, 0.4) is 0 Å². The predicted octanol–water partition coefficient (Wildman–Crippen LogP) is 0.167. The Morgan fingerprint density at radius 2 is 2.00 bits per heavy atom. The van der Waals surface area contributed by atoms with Crippen molar-refractivity contribution in [2.45, 2.75) is 19.6 Å². The van der Waals surface area contributed by atoms with Gasteiger partial charge < -0.3 is 20.5 Å². The van der Waals surface area contributed by atoms with Crippen LogP contribution in [0.15, 0.2) is 30.3 Å². The first-order valence-corrected chi connectivity index (χ1v) is 5.92. The molecule has 0 heterocycles. The fourth-order valence-corrected chi connectivity index (χ4v) is 1.23. The minimum absolute atomic E-state index is 0.0718. The molecule has 1 amide bonds. The molecule has 0 unspecified atom stereocenters. The highest BCUT2D eigenvalue weighted by Gasteiger charge is 2.15. The second-order valence-corrected chi connectivity index (χ2v) is 3.85. The zero-order chi connectivity index (χ0) is 14.1. The first kappa shape index (κ1) is 15.1. The van der Waals surface area contributed by atoms with Crippen molar-refractivity contribution in [3.63, 3.8) is 0 Å². The number of benzene rings is 1. The second kappa shape index (κ2) is 8.23.